The van der Waals surface area contributed by atoms with Crippen molar-refractivity contribution in [2.45, 2.75) is 12.5 Å². The number of benzene rings is 2. The molecule has 1 N–H and O–H groups in total. The van der Waals surface area contributed by atoms with E-state index in [4.69, 9.17) is 14.2 Å². The summed E-state index contributed by atoms with van der Waals surface area (Å²) in [4.78, 5) is 13.3. The summed E-state index contributed by atoms with van der Waals surface area (Å²) in [5.41, 5.74) is 3.20. The van der Waals surface area contributed by atoms with Gasteiger partial charge >= 0.3 is 5.97 Å². The molecule has 1 aliphatic heterocycles. The maximum atomic E-state index is 11.4. The predicted octanol–water partition coefficient (Wildman–Crippen LogP) is 2.74. The van der Waals surface area contributed by atoms with Gasteiger partial charge in [0.25, 0.3) is 0 Å². The molecular formula is C20H23NO5. The lowest BCUT2D eigenvalue weighted by Crippen LogP contribution is -2.39. The normalized spacial score (nSPS) is 16.7. The smallest absolute Gasteiger partial charge is 0.317 e. The molecule has 1 aliphatic rings. The van der Waals surface area contributed by atoms with Crippen LogP contribution < -0.4 is 14.2 Å². The number of nitrogens with zero attached hydrogens (tertiary/aromatic N) is 1. The summed E-state index contributed by atoms with van der Waals surface area (Å²) in [5, 5.41) is 9.34. The zero-order valence-corrected chi connectivity index (χ0v) is 15.2. The lowest BCUT2D eigenvalue weighted by atomic mass is 9.87. The number of aliphatic carboxylic acids is 1. The Balaban J connectivity index is 2.10. The first-order valence-electron chi connectivity index (χ1n) is 8.42. The Kier molecular flexibility index (Phi) is 5.32. The van der Waals surface area contributed by atoms with Gasteiger partial charge in [-0.25, -0.2) is 0 Å². The van der Waals surface area contributed by atoms with Crippen LogP contribution in [0.2, 0.25) is 0 Å². The fourth-order valence-electron chi connectivity index (χ4n) is 3.52. The Morgan fingerprint density at radius 2 is 1.73 bits per heavy atom. The van der Waals surface area contributed by atoms with E-state index >= 15 is 0 Å². The van der Waals surface area contributed by atoms with Gasteiger partial charge in [-0.2, -0.15) is 0 Å². The van der Waals surface area contributed by atoms with Crippen molar-refractivity contribution in [3.63, 3.8) is 0 Å². The lowest BCUT2D eigenvalue weighted by molar-refractivity contribution is -0.138. The summed E-state index contributed by atoms with van der Waals surface area (Å²) in [6.45, 7) is 0.635. The maximum absolute atomic E-state index is 11.4. The van der Waals surface area contributed by atoms with Crippen LogP contribution in [0.3, 0.4) is 0 Å². The van der Waals surface area contributed by atoms with E-state index in [1.54, 1.807) is 21.3 Å². The van der Waals surface area contributed by atoms with Gasteiger partial charge in [0.15, 0.2) is 11.5 Å². The third-order valence-electron chi connectivity index (χ3n) is 4.74. The SMILES string of the molecule is COc1ccc(C2c3cc(OC)c(OC)cc3CCN2CC(=O)O)cc1. The van der Waals surface area contributed by atoms with Crippen LogP contribution in [0.1, 0.15) is 22.7 Å². The molecule has 6 heteroatoms. The van der Waals surface area contributed by atoms with Gasteiger partial charge in [-0.1, -0.05) is 12.1 Å². The van der Waals surface area contributed by atoms with Crippen molar-refractivity contribution in [3.05, 3.63) is 53.1 Å². The Hall–Kier alpha value is -2.73. The minimum absolute atomic E-state index is 0.0233. The number of methoxy groups -OCH3 is 3. The molecule has 0 spiro atoms. The van der Waals surface area contributed by atoms with E-state index in [2.05, 4.69) is 0 Å². The van der Waals surface area contributed by atoms with Crippen molar-refractivity contribution in [2.75, 3.05) is 34.4 Å². The van der Waals surface area contributed by atoms with E-state index in [9.17, 15) is 9.90 Å². The van der Waals surface area contributed by atoms with Crippen LogP contribution in [0.15, 0.2) is 36.4 Å². The highest BCUT2D eigenvalue weighted by atomic mass is 16.5. The fourth-order valence-corrected chi connectivity index (χ4v) is 3.52. The summed E-state index contributed by atoms with van der Waals surface area (Å²) in [7, 11) is 4.84. The van der Waals surface area contributed by atoms with E-state index in [1.807, 2.05) is 41.3 Å². The van der Waals surface area contributed by atoms with Crippen LogP contribution in [0.4, 0.5) is 0 Å². The molecule has 138 valence electrons. The number of fused-ring (bicyclic) bond motifs is 1. The average Bonchev–Trinajstić information content (AvgIpc) is 2.66. The van der Waals surface area contributed by atoms with Gasteiger partial charge in [0.05, 0.1) is 33.9 Å². The highest BCUT2D eigenvalue weighted by Crippen LogP contribution is 2.41. The van der Waals surface area contributed by atoms with Gasteiger partial charge in [0, 0.05) is 6.54 Å². The second kappa shape index (κ2) is 7.66. The first-order chi connectivity index (χ1) is 12.6. The molecule has 0 saturated carbocycles. The highest BCUT2D eigenvalue weighted by Gasteiger charge is 2.31. The van der Waals surface area contributed by atoms with Crippen LogP contribution in [0.5, 0.6) is 17.2 Å². The summed E-state index contributed by atoms with van der Waals surface area (Å²) < 4.78 is 16.1. The summed E-state index contributed by atoms with van der Waals surface area (Å²) in [6, 6.07) is 11.5. The van der Waals surface area contributed by atoms with Crippen molar-refractivity contribution < 1.29 is 24.1 Å². The molecule has 0 fully saturated rings. The number of hydrogen-bond donors (Lipinski definition) is 1. The number of hydrogen-bond acceptors (Lipinski definition) is 5. The molecule has 0 saturated heterocycles. The molecule has 2 aromatic carbocycles. The van der Waals surface area contributed by atoms with Crippen molar-refractivity contribution in [1.29, 1.82) is 0 Å². The summed E-state index contributed by atoms with van der Waals surface area (Å²) in [6.07, 6.45) is 0.760. The minimum Gasteiger partial charge on any atom is -0.497 e. The molecule has 0 aliphatic carbocycles. The highest BCUT2D eigenvalue weighted by molar-refractivity contribution is 5.69. The van der Waals surface area contributed by atoms with Gasteiger partial charge in [-0.3, -0.25) is 9.69 Å². The first-order valence-corrected chi connectivity index (χ1v) is 8.42. The first kappa shape index (κ1) is 18.1. The molecule has 0 radical (unpaired) electrons. The molecule has 0 amide bonds. The largest absolute Gasteiger partial charge is 0.497 e. The summed E-state index contributed by atoms with van der Waals surface area (Å²) >= 11 is 0. The average molecular weight is 357 g/mol. The van der Waals surface area contributed by atoms with Gasteiger partial charge in [0.2, 0.25) is 0 Å². The van der Waals surface area contributed by atoms with Crippen LogP contribution in [-0.4, -0.2) is 50.4 Å². The quantitative estimate of drug-likeness (QED) is 0.857. The topological polar surface area (TPSA) is 68.2 Å². The second-order valence-corrected chi connectivity index (χ2v) is 6.20. The van der Waals surface area contributed by atoms with E-state index < -0.39 is 5.97 Å². The monoisotopic (exact) mass is 357 g/mol. The van der Waals surface area contributed by atoms with Crippen LogP contribution in [0, 0.1) is 0 Å². The zero-order chi connectivity index (χ0) is 18.7. The van der Waals surface area contributed by atoms with E-state index in [0.717, 1.165) is 28.9 Å². The van der Waals surface area contributed by atoms with Gasteiger partial charge in [0.1, 0.15) is 5.75 Å². The minimum atomic E-state index is -0.840. The van der Waals surface area contributed by atoms with E-state index in [0.29, 0.717) is 18.0 Å². The number of rotatable bonds is 6. The molecule has 0 aromatic heterocycles. The van der Waals surface area contributed by atoms with Crippen molar-refractivity contribution >= 4 is 5.97 Å². The van der Waals surface area contributed by atoms with E-state index in [1.165, 1.54) is 0 Å². The molecule has 6 nitrogen and oxygen atoms in total. The molecule has 1 heterocycles. The molecule has 26 heavy (non-hydrogen) atoms. The predicted molar refractivity (Wildman–Crippen MR) is 97.3 cm³/mol. The Labute approximate surface area is 152 Å². The number of carboxylic acids is 1. The van der Waals surface area contributed by atoms with Crippen molar-refractivity contribution in [2.24, 2.45) is 0 Å². The van der Waals surface area contributed by atoms with Crippen LogP contribution in [0.25, 0.3) is 0 Å². The van der Waals surface area contributed by atoms with Gasteiger partial charge in [-0.15, -0.1) is 0 Å². The van der Waals surface area contributed by atoms with Crippen molar-refractivity contribution in [1.82, 2.24) is 4.90 Å². The number of ether oxygens (including phenoxy) is 3. The third kappa shape index (κ3) is 3.46. The molecule has 2 aromatic rings. The standard InChI is InChI=1S/C20H23NO5/c1-24-15-6-4-13(5-7-15)20-16-11-18(26-3)17(25-2)10-14(16)8-9-21(20)12-19(22)23/h4-7,10-11,20H,8-9,12H2,1-3H3,(H,22,23). The van der Waals surface area contributed by atoms with Gasteiger partial charge in [-0.05, 0) is 47.4 Å². The number of carboxylic acid groups (broad SMARTS) is 1. The maximum Gasteiger partial charge on any atom is 0.317 e. The molecule has 1 unspecified atom stereocenters. The lowest BCUT2D eigenvalue weighted by Gasteiger charge is -2.37. The fraction of sp³-hybridized carbons (Fsp3) is 0.350. The van der Waals surface area contributed by atoms with Crippen molar-refractivity contribution in [3.8, 4) is 17.2 Å². The van der Waals surface area contributed by atoms with Gasteiger partial charge < -0.3 is 19.3 Å². The third-order valence-corrected chi connectivity index (χ3v) is 4.74. The molecular weight excluding hydrogens is 334 g/mol. The van der Waals surface area contributed by atoms with Crippen LogP contribution >= 0.6 is 0 Å². The Morgan fingerprint density at radius 1 is 1.08 bits per heavy atom. The molecule has 1 atom stereocenters. The Morgan fingerprint density at radius 3 is 2.31 bits per heavy atom. The van der Waals surface area contributed by atoms with E-state index in [-0.39, 0.29) is 12.6 Å². The second-order valence-electron chi connectivity index (χ2n) is 6.20. The Bertz CT molecular complexity index is 788. The summed E-state index contributed by atoms with van der Waals surface area (Å²) in [5.74, 6) is 1.25. The zero-order valence-electron chi connectivity index (χ0n) is 15.2. The molecule has 0 bridgehead atoms. The van der Waals surface area contributed by atoms with Crippen LogP contribution in [-0.2, 0) is 11.2 Å². The number of carbonyl (C=O) groups is 1. The molecule has 3 rings (SSSR count).